The van der Waals surface area contributed by atoms with Crippen molar-refractivity contribution in [3.05, 3.63) is 16.1 Å². The minimum atomic E-state index is -0.493. The molecule has 2 unspecified atom stereocenters. The van der Waals surface area contributed by atoms with E-state index >= 15 is 0 Å². The summed E-state index contributed by atoms with van der Waals surface area (Å²) in [6, 6.07) is 0.160. The predicted molar refractivity (Wildman–Crippen MR) is 75.0 cm³/mol. The Kier molecular flexibility index (Phi) is 5.72. The third-order valence-corrected chi connectivity index (χ3v) is 3.47. The maximum atomic E-state index is 9.81. The number of aliphatic hydroxyl groups is 1. The van der Waals surface area contributed by atoms with Crippen LogP contribution in [-0.4, -0.2) is 34.9 Å². The quantitative estimate of drug-likeness (QED) is 0.834. The average Bonchev–Trinajstić information content (AvgIpc) is 2.69. The first-order chi connectivity index (χ1) is 8.28. The Bertz CT molecular complexity index is 360. The minimum Gasteiger partial charge on any atom is -0.389 e. The van der Waals surface area contributed by atoms with E-state index in [1.807, 2.05) is 33.9 Å². The average molecular weight is 272 g/mol. The van der Waals surface area contributed by atoms with E-state index in [1.165, 1.54) is 4.88 Å². The van der Waals surface area contributed by atoms with Crippen LogP contribution in [0.4, 0.5) is 0 Å². The van der Waals surface area contributed by atoms with Crippen molar-refractivity contribution >= 4 is 11.3 Å². The van der Waals surface area contributed by atoms with Crippen LogP contribution in [0.15, 0.2) is 6.20 Å². The van der Waals surface area contributed by atoms with Crippen LogP contribution in [0.1, 0.15) is 43.6 Å². The Morgan fingerprint density at radius 3 is 2.67 bits per heavy atom. The van der Waals surface area contributed by atoms with Crippen molar-refractivity contribution in [2.24, 2.45) is 0 Å². The molecule has 0 bridgehead atoms. The van der Waals surface area contributed by atoms with Gasteiger partial charge in [-0.25, -0.2) is 4.98 Å². The standard InChI is InChI=1S/C13H24N2O2S/c1-9-6-15-12(18-9)10(2)14-7-11(16)8-17-13(3,4)5/h6,10-11,14,16H,7-8H2,1-5H3. The molecule has 1 rings (SSSR count). The molecular formula is C13H24N2O2S. The van der Waals surface area contributed by atoms with Gasteiger partial charge < -0.3 is 15.2 Å². The highest BCUT2D eigenvalue weighted by molar-refractivity contribution is 7.11. The summed E-state index contributed by atoms with van der Waals surface area (Å²) in [5, 5.41) is 14.1. The van der Waals surface area contributed by atoms with Crippen LogP contribution in [0.25, 0.3) is 0 Å². The molecule has 0 aliphatic carbocycles. The van der Waals surface area contributed by atoms with Gasteiger partial charge in [-0.15, -0.1) is 11.3 Å². The zero-order valence-corrected chi connectivity index (χ0v) is 12.7. The van der Waals surface area contributed by atoms with Crippen LogP contribution in [0.5, 0.6) is 0 Å². The third-order valence-electron chi connectivity index (χ3n) is 2.38. The molecule has 0 fully saturated rings. The molecule has 0 saturated heterocycles. The molecule has 0 aliphatic heterocycles. The van der Waals surface area contributed by atoms with Crippen LogP contribution >= 0.6 is 11.3 Å². The first-order valence-electron chi connectivity index (χ1n) is 6.25. The van der Waals surface area contributed by atoms with Gasteiger partial charge in [-0.1, -0.05) is 0 Å². The molecule has 2 atom stereocenters. The number of thiazole rings is 1. The number of ether oxygens (including phenoxy) is 1. The number of nitrogens with zero attached hydrogens (tertiary/aromatic N) is 1. The first kappa shape index (κ1) is 15.6. The van der Waals surface area contributed by atoms with E-state index in [1.54, 1.807) is 11.3 Å². The van der Waals surface area contributed by atoms with Crippen LogP contribution in [-0.2, 0) is 4.74 Å². The lowest BCUT2D eigenvalue weighted by molar-refractivity contribution is -0.0482. The molecule has 0 radical (unpaired) electrons. The highest BCUT2D eigenvalue weighted by Gasteiger charge is 2.15. The topological polar surface area (TPSA) is 54.4 Å². The van der Waals surface area contributed by atoms with Crippen molar-refractivity contribution in [2.75, 3.05) is 13.2 Å². The number of aryl methyl sites for hydroxylation is 1. The molecule has 18 heavy (non-hydrogen) atoms. The second kappa shape index (κ2) is 6.61. The van der Waals surface area contributed by atoms with Gasteiger partial charge in [0.15, 0.2) is 0 Å². The van der Waals surface area contributed by atoms with Gasteiger partial charge in [0.05, 0.1) is 24.4 Å². The Morgan fingerprint density at radius 2 is 2.17 bits per heavy atom. The number of hydrogen-bond acceptors (Lipinski definition) is 5. The SMILES string of the molecule is Cc1cnc(C(C)NCC(O)COC(C)(C)C)s1. The number of aromatic nitrogens is 1. The highest BCUT2D eigenvalue weighted by Crippen LogP contribution is 2.18. The summed E-state index contributed by atoms with van der Waals surface area (Å²) >= 11 is 1.68. The Hall–Kier alpha value is -0.490. The number of aliphatic hydroxyl groups excluding tert-OH is 1. The van der Waals surface area contributed by atoms with Gasteiger partial charge >= 0.3 is 0 Å². The van der Waals surface area contributed by atoms with E-state index in [4.69, 9.17) is 4.74 Å². The fourth-order valence-corrected chi connectivity index (χ4v) is 2.18. The molecule has 0 aromatic carbocycles. The van der Waals surface area contributed by atoms with Gasteiger partial charge in [0, 0.05) is 17.6 Å². The fourth-order valence-electron chi connectivity index (χ4n) is 1.38. The van der Waals surface area contributed by atoms with Crippen molar-refractivity contribution < 1.29 is 9.84 Å². The van der Waals surface area contributed by atoms with E-state index in [0.29, 0.717) is 13.2 Å². The lowest BCUT2D eigenvalue weighted by atomic mass is 10.2. The summed E-state index contributed by atoms with van der Waals surface area (Å²) in [5.74, 6) is 0. The third kappa shape index (κ3) is 5.91. The van der Waals surface area contributed by atoms with Crippen molar-refractivity contribution in [2.45, 2.75) is 52.4 Å². The van der Waals surface area contributed by atoms with Crippen molar-refractivity contribution in [1.82, 2.24) is 10.3 Å². The summed E-state index contributed by atoms with van der Waals surface area (Å²) in [6.45, 7) is 10.9. The molecule has 1 aromatic rings. The van der Waals surface area contributed by atoms with Gasteiger partial charge in [-0.05, 0) is 34.6 Å². The minimum absolute atomic E-state index is 0.160. The predicted octanol–water partition coefficient (Wildman–Crippen LogP) is 2.28. The molecule has 0 aliphatic rings. The number of rotatable bonds is 6. The maximum Gasteiger partial charge on any atom is 0.109 e. The number of nitrogens with one attached hydrogen (secondary N) is 1. The van der Waals surface area contributed by atoms with Crippen molar-refractivity contribution in [3.8, 4) is 0 Å². The Morgan fingerprint density at radius 1 is 1.50 bits per heavy atom. The normalized spacial score (nSPS) is 15.7. The zero-order chi connectivity index (χ0) is 13.8. The largest absolute Gasteiger partial charge is 0.389 e. The molecule has 0 saturated carbocycles. The summed E-state index contributed by atoms with van der Waals surface area (Å²) < 4.78 is 5.53. The van der Waals surface area contributed by atoms with E-state index in [2.05, 4.69) is 17.2 Å². The highest BCUT2D eigenvalue weighted by atomic mass is 32.1. The van der Waals surface area contributed by atoms with Crippen LogP contribution in [0.3, 0.4) is 0 Å². The van der Waals surface area contributed by atoms with Crippen molar-refractivity contribution in [1.29, 1.82) is 0 Å². The van der Waals surface area contributed by atoms with E-state index in [-0.39, 0.29) is 11.6 Å². The monoisotopic (exact) mass is 272 g/mol. The zero-order valence-electron chi connectivity index (χ0n) is 11.9. The molecule has 104 valence electrons. The van der Waals surface area contributed by atoms with Crippen molar-refractivity contribution in [3.63, 3.8) is 0 Å². The van der Waals surface area contributed by atoms with E-state index < -0.39 is 6.10 Å². The Labute approximate surface area is 113 Å². The molecule has 0 amide bonds. The van der Waals surface area contributed by atoms with E-state index in [9.17, 15) is 5.11 Å². The van der Waals surface area contributed by atoms with Crippen LogP contribution in [0, 0.1) is 6.92 Å². The molecule has 4 nitrogen and oxygen atoms in total. The first-order valence-corrected chi connectivity index (χ1v) is 7.07. The summed E-state index contributed by atoms with van der Waals surface area (Å²) in [5.41, 5.74) is -0.209. The smallest absolute Gasteiger partial charge is 0.109 e. The van der Waals surface area contributed by atoms with E-state index in [0.717, 1.165) is 5.01 Å². The molecule has 1 heterocycles. The molecule has 1 aromatic heterocycles. The Balaban J connectivity index is 2.28. The van der Waals surface area contributed by atoms with Crippen LogP contribution in [0.2, 0.25) is 0 Å². The van der Waals surface area contributed by atoms with Gasteiger partial charge in [-0.3, -0.25) is 0 Å². The number of hydrogen-bond donors (Lipinski definition) is 2. The van der Waals surface area contributed by atoms with Gasteiger partial charge in [-0.2, -0.15) is 0 Å². The van der Waals surface area contributed by atoms with Gasteiger partial charge in [0.1, 0.15) is 5.01 Å². The second-order valence-corrected chi connectivity index (χ2v) is 6.78. The lowest BCUT2D eigenvalue weighted by Crippen LogP contribution is -2.34. The maximum absolute atomic E-state index is 9.81. The molecule has 2 N–H and O–H groups in total. The summed E-state index contributed by atoms with van der Waals surface area (Å²) in [6.07, 6.45) is 1.38. The molecule has 5 heteroatoms. The van der Waals surface area contributed by atoms with Crippen LogP contribution < -0.4 is 5.32 Å². The van der Waals surface area contributed by atoms with Gasteiger partial charge in [0.25, 0.3) is 0 Å². The lowest BCUT2D eigenvalue weighted by Gasteiger charge is -2.22. The fraction of sp³-hybridized carbons (Fsp3) is 0.769. The molecule has 0 spiro atoms. The molecular weight excluding hydrogens is 248 g/mol. The summed E-state index contributed by atoms with van der Waals surface area (Å²) in [7, 11) is 0. The second-order valence-electron chi connectivity index (χ2n) is 5.52. The summed E-state index contributed by atoms with van der Waals surface area (Å²) in [4.78, 5) is 5.53. The van der Waals surface area contributed by atoms with Gasteiger partial charge in [0.2, 0.25) is 0 Å².